The van der Waals surface area contributed by atoms with Gasteiger partial charge >= 0.3 is 0 Å². The summed E-state index contributed by atoms with van der Waals surface area (Å²) in [6, 6.07) is 16.7. The summed E-state index contributed by atoms with van der Waals surface area (Å²) in [5.41, 5.74) is 1.69. The van der Waals surface area contributed by atoms with Gasteiger partial charge in [0.05, 0.1) is 18.1 Å². The van der Waals surface area contributed by atoms with E-state index < -0.39 is 9.84 Å². The lowest BCUT2D eigenvalue weighted by Crippen LogP contribution is -2.42. The lowest BCUT2D eigenvalue weighted by atomic mass is 10.1. The van der Waals surface area contributed by atoms with Crippen molar-refractivity contribution in [3.8, 4) is 5.75 Å². The van der Waals surface area contributed by atoms with Gasteiger partial charge in [-0.3, -0.25) is 4.79 Å². The summed E-state index contributed by atoms with van der Waals surface area (Å²) in [7, 11) is -1.62. The van der Waals surface area contributed by atoms with Crippen LogP contribution in [-0.2, 0) is 20.4 Å². The van der Waals surface area contributed by atoms with Crippen molar-refractivity contribution in [2.75, 3.05) is 20.2 Å². The Hall–Kier alpha value is -2.60. The fraction of sp³-hybridized carbons (Fsp3) is 0.318. The fourth-order valence-corrected chi connectivity index (χ4v) is 5.20. The molecule has 1 heterocycles. The van der Waals surface area contributed by atoms with Gasteiger partial charge in [0.1, 0.15) is 5.75 Å². The average Bonchev–Trinajstić information content (AvgIpc) is 2.72. The number of nitrogens with zero attached hydrogens (tertiary/aromatic N) is 1. The van der Waals surface area contributed by atoms with Crippen LogP contribution < -0.4 is 4.74 Å². The highest BCUT2D eigenvalue weighted by molar-refractivity contribution is 7.91. The van der Waals surface area contributed by atoms with Gasteiger partial charge < -0.3 is 9.64 Å². The van der Waals surface area contributed by atoms with E-state index >= 15 is 0 Å². The molecule has 0 aliphatic carbocycles. The third-order valence-electron chi connectivity index (χ3n) is 4.98. The van der Waals surface area contributed by atoms with Crippen LogP contribution in [0.25, 0.3) is 6.08 Å². The predicted molar refractivity (Wildman–Crippen MR) is 111 cm³/mol. The summed E-state index contributed by atoms with van der Waals surface area (Å²) in [5.74, 6) is 0.697. The highest BCUT2D eigenvalue weighted by Gasteiger charge is 2.31. The molecule has 2 aromatic carbocycles. The Morgan fingerprint density at radius 2 is 1.82 bits per heavy atom. The standard InChI is InChI=1S/C22H25NO4S/c1-27-20-9-5-8-18(16-20)10-11-22(24)23-14-12-21(13-15-23)28(25,26)17-19-6-3-2-4-7-19/h2-11,16,21H,12-15,17H2,1H3/b11-10+. The summed E-state index contributed by atoms with van der Waals surface area (Å²) in [5, 5.41) is -0.390. The predicted octanol–water partition coefficient (Wildman–Crippen LogP) is 3.31. The molecule has 1 aliphatic heterocycles. The van der Waals surface area contributed by atoms with Crippen molar-refractivity contribution in [2.24, 2.45) is 0 Å². The van der Waals surface area contributed by atoms with Gasteiger partial charge in [-0.15, -0.1) is 0 Å². The number of benzene rings is 2. The van der Waals surface area contributed by atoms with E-state index in [1.165, 1.54) is 6.08 Å². The molecule has 0 radical (unpaired) electrons. The molecule has 2 aromatic rings. The first kappa shape index (κ1) is 20.1. The topological polar surface area (TPSA) is 63.7 Å². The van der Waals surface area contributed by atoms with Gasteiger partial charge in [0.15, 0.2) is 9.84 Å². The number of likely N-dealkylation sites (tertiary alicyclic amines) is 1. The molecular weight excluding hydrogens is 374 g/mol. The van der Waals surface area contributed by atoms with Crippen LogP contribution in [0.15, 0.2) is 60.7 Å². The first-order chi connectivity index (χ1) is 13.5. The van der Waals surface area contributed by atoms with E-state index in [9.17, 15) is 13.2 Å². The fourth-order valence-electron chi connectivity index (χ4n) is 3.38. The number of hydrogen-bond acceptors (Lipinski definition) is 4. The maximum Gasteiger partial charge on any atom is 0.246 e. The Bertz CT molecular complexity index is 930. The molecule has 148 valence electrons. The van der Waals surface area contributed by atoms with E-state index in [0.29, 0.717) is 25.9 Å². The third-order valence-corrected chi connectivity index (χ3v) is 7.21. The molecule has 1 fully saturated rings. The number of sulfone groups is 1. The zero-order chi connectivity index (χ0) is 20.0. The Kier molecular flexibility index (Phi) is 6.52. The Morgan fingerprint density at radius 3 is 2.50 bits per heavy atom. The summed E-state index contributed by atoms with van der Waals surface area (Å²) < 4.78 is 30.5. The summed E-state index contributed by atoms with van der Waals surface area (Å²) >= 11 is 0. The number of methoxy groups -OCH3 is 1. The van der Waals surface area contributed by atoms with Crippen LogP contribution in [0, 0.1) is 0 Å². The van der Waals surface area contributed by atoms with Gasteiger partial charge in [0.25, 0.3) is 0 Å². The van der Waals surface area contributed by atoms with Crippen molar-refractivity contribution in [3.63, 3.8) is 0 Å². The summed E-state index contributed by atoms with van der Waals surface area (Å²) in [6.07, 6.45) is 4.25. The largest absolute Gasteiger partial charge is 0.497 e. The van der Waals surface area contributed by atoms with E-state index in [4.69, 9.17) is 4.74 Å². The van der Waals surface area contributed by atoms with Crippen molar-refractivity contribution >= 4 is 21.8 Å². The van der Waals surface area contributed by atoms with Crippen LogP contribution >= 0.6 is 0 Å². The van der Waals surface area contributed by atoms with Crippen LogP contribution in [0.4, 0.5) is 0 Å². The van der Waals surface area contributed by atoms with E-state index in [-0.39, 0.29) is 16.9 Å². The minimum absolute atomic E-state index is 0.0577. The second-order valence-corrected chi connectivity index (χ2v) is 9.21. The van der Waals surface area contributed by atoms with Crippen molar-refractivity contribution in [1.29, 1.82) is 0 Å². The van der Waals surface area contributed by atoms with Gasteiger partial charge in [0.2, 0.25) is 5.91 Å². The van der Waals surface area contributed by atoms with Crippen LogP contribution in [0.5, 0.6) is 5.75 Å². The molecule has 0 unspecified atom stereocenters. The molecule has 6 heteroatoms. The number of hydrogen-bond donors (Lipinski definition) is 0. The molecule has 0 spiro atoms. The number of carbonyl (C=O) groups excluding carboxylic acids is 1. The minimum Gasteiger partial charge on any atom is -0.497 e. The van der Waals surface area contributed by atoms with E-state index in [1.54, 1.807) is 18.1 Å². The quantitative estimate of drug-likeness (QED) is 0.699. The van der Waals surface area contributed by atoms with Gasteiger partial charge in [-0.25, -0.2) is 8.42 Å². The number of carbonyl (C=O) groups is 1. The van der Waals surface area contributed by atoms with E-state index in [1.807, 2.05) is 54.6 Å². The first-order valence-corrected chi connectivity index (χ1v) is 11.1. The molecule has 0 N–H and O–H groups in total. The SMILES string of the molecule is COc1cccc(/C=C/C(=O)N2CCC(S(=O)(=O)Cc3ccccc3)CC2)c1. The Balaban J connectivity index is 1.55. The van der Waals surface area contributed by atoms with Crippen molar-refractivity contribution < 1.29 is 17.9 Å². The smallest absolute Gasteiger partial charge is 0.246 e. The lowest BCUT2D eigenvalue weighted by molar-refractivity contribution is -0.126. The maximum absolute atomic E-state index is 12.7. The molecular formula is C22H25NO4S. The van der Waals surface area contributed by atoms with Gasteiger partial charge in [0, 0.05) is 19.2 Å². The second kappa shape index (κ2) is 9.06. The molecule has 28 heavy (non-hydrogen) atoms. The molecule has 1 aliphatic rings. The molecule has 0 aromatic heterocycles. The zero-order valence-corrected chi connectivity index (χ0v) is 16.8. The molecule has 3 rings (SSSR count). The van der Waals surface area contributed by atoms with E-state index in [0.717, 1.165) is 16.9 Å². The molecule has 1 amide bonds. The average molecular weight is 400 g/mol. The van der Waals surface area contributed by atoms with Crippen molar-refractivity contribution in [3.05, 3.63) is 71.8 Å². The highest BCUT2D eigenvalue weighted by atomic mass is 32.2. The molecule has 0 atom stereocenters. The monoisotopic (exact) mass is 399 g/mol. The number of rotatable bonds is 6. The van der Waals surface area contributed by atoms with Crippen LogP contribution in [-0.4, -0.2) is 44.7 Å². The highest BCUT2D eigenvalue weighted by Crippen LogP contribution is 2.22. The van der Waals surface area contributed by atoms with Crippen LogP contribution in [0.1, 0.15) is 24.0 Å². The number of amides is 1. The molecule has 5 nitrogen and oxygen atoms in total. The second-order valence-electron chi connectivity index (χ2n) is 6.93. The van der Waals surface area contributed by atoms with Crippen molar-refractivity contribution in [2.45, 2.75) is 23.8 Å². The summed E-state index contributed by atoms with van der Waals surface area (Å²) in [4.78, 5) is 14.1. The number of ether oxygens (including phenoxy) is 1. The molecule has 1 saturated heterocycles. The van der Waals surface area contributed by atoms with Gasteiger partial charge in [-0.05, 0) is 42.2 Å². The van der Waals surface area contributed by atoms with Crippen LogP contribution in [0.2, 0.25) is 0 Å². The molecule has 0 bridgehead atoms. The first-order valence-electron chi connectivity index (χ1n) is 9.34. The van der Waals surface area contributed by atoms with E-state index in [2.05, 4.69) is 0 Å². The normalized spacial score (nSPS) is 15.7. The zero-order valence-electron chi connectivity index (χ0n) is 16.0. The number of piperidine rings is 1. The minimum atomic E-state index is -3.22. The Morgan fingerprint density at radius 1 is 1.11 bits per heavy atom. The molecule has 0 saturated carbocycles. The van der Waals surface area contributed by atoms with Gasteiger partial charge in [-0.1, -0.05) is 42.5 Å². The maximum atomic E-state index is 12.7. The third kappa shape index (κ3) is 5.23. The lowest BCUT2D eigenvalue weighted by Gasteiger charge is -2.31. The van der Waals surface area contributed by atoms with Crippen molar-refractivity contribution in [1.82, 2.24) is 4.90 Å². The Labute approximate surface area is 166 Å². The van der Waals surface area contributed by atoms with Gasteiger partial charge in [-0.2, -0.15) is 0 Å². The van der Waals surface area contributed by atoms with Crippen LogP contribution in [0.3, 0.4) is 0 Å². The summed E-state index contributed by atoms with van der Waals surface area (Å²) in [6.45, 7) is 0.917.